The van der Waals surface area contributed by atoms with Gasteiger partial charge < -0.3 is 23.0 Å². The number of rotatable bonds is 2. The van der Waals surface area contributed by atoms with Crippen molar-refractivity contribution in [1.29, 1.82) is 0 Å². The number of carbonyl (C=O) groups excluding carboxylic acids is 1. The maximum absolute atomic E-state index is 12.1. The van der Waals surface area contributed by atoms with E-state index in [0.717, 1.165) is 0 Å². The van der Waals surface area contributed by atoms with Gasteiger partial charge in [0.1, 0.15) is 5.60 Å². The number of alkyl carbamates (subject to hydrolysis) is 1. The maximum Gasteiger partial charge on any atom is 1.00 e. The molecule has 0 aliphatic heterocycles. The first-order valence-corrected chi connectivity index (χ1v) is 4.79. The van der Waals surface area contributed by atoms with Gasteiger partial charge in [-0.3, -0.25) is 0 Å². The van der Waals surface area contributed by atoms with Gasteiger partial charge in [-0.05, 0) is 20.8 Å². The first-order valence-electron chi connectivity index (χ1n) is 4.79. The van der Waals surface area contributed by atoms with E-state index in [1.54, 1.807) is 20.8 Å². The third-order valence-electron chi connectivity index (χ3n) is 2.03. The van der Waals surface area contributed by atoms with E-state index in [1.165, 1.54) is 0 Å². The molecule has 0 radical (unpaired) electrons. The summed E-state index contributed by atoms with van der Waals surface area (Å²) in [6.45, 7) is 0.138. The first kappa shape index (κ1) is 16.8. The number of hydrogen-bond acceptors (Lipinski definition) is 2. The molecule has 3 nitrogen and oxygen atoms in total. The Hall–Kier alpha value is 0.761. The molecule has 1 amide bonds. The number of nitrogens with one attached hydrogen (secondary N) is 1. The molecule has 0 spiro atoms. The van der Waals surface area contributed by atoms with Crippen LogP contribution in [0.2, 0.25) is 5.82 Å². The van der Waals surface area contributed by atoms with E-state index in [2.05, 4.69) is 5.32 Å². The summed E-state index contributed by atoms with van der Waals surface area (Å²) in [4.78, 5) is 11.1. The minimum Gasteiger partial charge on any atom is -0.449 e. The van der Waals surface area contributed by atoms with Crippen molar-refractivity contribution in [2.45, 2.75) is 44.7 Å². The summed E-state index contributed by atoms with van der Waals surface area (Å²) in [6, 6.07) is -0.792. The van der Waals surface area contributed by atoms with Crippen molar-refractivity contribution in [1.82, 2.24) is 5.32 Å². The van der Waals surface area contributed by atoms with Gasteiger partial charge in [-0.1, -0.05) is 12.2 Å². The Kier molecular flexibility index (Phi) is 5.87. The van der Waals surface area contributed by atoms with Crippen molar-refractivity contribution >= 4 is 13.1 Å². The molecule has 16 heavy (non-hydrogen) atoms. The Morgan fingerprint density at radius 3 is 2.19 bits per heavy atom. The SMILES string of the molecule is CC(C)(C)OC(=O)N[C@@H]1C[C@H]1[B-](F)(F)F.[K+]. The van der Waals surface area contributed by atoms with E-state index in [0.29, 0.717) is 0 Å². The van der Waals surface area contributed by atoms with Gasteiger partial charge in [-0.25, -0.2) is 4.79 Å². The zero-order valence-corrected chi connectivity index (χ0v) is 13.0. The van der Waals surface area contributed by atoms with E-state index in [9.17, 15) is 17.7 Å². The van der Waals surface area contributed by atoms with Crippen molar-refractivity contribution in [3.63, 3.8) is 0 Å². The van der Waals surface area contributed by atoms with Gasteiger partial charge >= 0.3 is 64.5 Å². The summed E-state index contributed by atoms with van der Waals surface area (Å²) in [6.07, 6.45) is -0.807. The van der Waals surface area contributed by atoms with Crippen LogP contribution in [0.1, 0.15) is 27.2 Å². The Morgan fingerprint density at radius 1 is 1.38 bits per heavy atom. The molecule has 0 aromatic heterocycles. The topological polar surface area (TPSA) is 38.3 Å². The predicted octanol–water partition coefficient (Wildman–Crippen LogP) is -0.495. The third-order valence-corrected chi connectivity index (χ3v) is 2.03. The standard InChI is InChI=1S/C8H14BF3NO2.K/c1-8(2,3)15-7(14)13-6-4-5(6)9(10,11)12;/h5-6H,4H2,1-3H3,(H,13,14);/q-1;+1/t5-,6-;/m1./s1. The van der Waals surface area contributed by atoms with Gasteiger partial charge in [0.25, 0.3) is 0 Å². The molecule has 0 saturated heterocycles. The van der Waals surface area contributed by atoms with Crippen LogP contribution in [-0.2, 0) is 4.74 Å². The molecule has 8 heteroatoms. The fourth-order valence-corrected chi connectivity index (χ4v) is 1.26. The summed E-state index contributed by atoms with van der Waals surface area (Å²) in [7, 11) is 0. The molecule has 1 rings (SSSR count). The zero-order valence-electron chi connectivity index (χ0n) is 9.89. The van der Waals surface area contributed by atoms with E-state index < -0.39 is 30.5 Å². The molecule has 1 aliphatic carbocycles. The van der Waals surface area contributed by atoms with Gasteiger partial charge in [0.2, 0.25) is 0 Å². The Morgan fingerprint density at radius 2 is 1.88 bits per heavy atom. The minimum absolute atomic E-state index is 0. The van der Waals surface area contributed by atoms with Crippen molar-refractivity contribution < 1.29 is 73.9 Å². The summed E-state index contributed by atoms with van der Waals surface area (Å²) in [5.41, 5.74) is -0.683. The molecule has 1 N–H and O–H groups in total. The number of carbonyl (C=O) groups is 1. The Balaban J connectivity index is 0.00000225. The summed E-state index contributed by atoms with van der Waals surface area (Å²) in [5, 5.41) is 2.20. The monoisotopic (exact) mass is 263 g/mol. The quantitative estimate of drug-likeness (QED) is 0.682. The average molecular weight is 263 g/mol. The molecule has 1 saturated carbocycles. The largest absolute Gasteiger partial charge is 1.00 e. The molecule has 1 fully saturated rings. The molecular weight excluding hydrogens is 249 g/mol. The summed E-state index contributed by atoms with van der Waals surface area (Å²) < 4.78 is 41.3. The van der Waals surface area contributed by atoms with E-state index in [1.807, 2.05) is 0 Å². The zero-order chi connectivity index (χ0) is 11.9. The predicted molar refractivity (Wildman–Crippen MR) is 50.6 cm³/mol. The van der Waals surface area contributed by atoms with Gasteiger partial charge in [0, 0.05) is 6.04 Å². The van der Waals surface area contributed by atoms with Gasteiger partial charge in [-0.15, -0.1) is 0 Å². The number of amides is 1. The normalized spacial score (nSPS) is 24.4. The van der Waals surface area contributed by atoms with Crippen molar-refractivity contribution in [2.24, 2.45) is 0 Å². The first-order chi connectivity index (χ1) is 6.59. The second kappa shape index (κ2) is 5.60. The van der Waals surface area contributed by atoms with Gasteiger partial charge in [-0.2, -0.15) is 0 Å². The second-order valence-electron chi connectivity index (χ2n) is 4.78. The maximum atomic E-state index is 12.1. The smallest absolute Gasteiger partial charge is 0.449 e. The number of ether oxygens (including phenoxy) is 1. The van der Waals surface area contributed by atoms with Crippen LogP contribution in [0.25, 0.3) is 0 Å². The van der Waals surface area contributed by atoms with Crippen molar-refractivity contribution in [3.05, 3.63) is 0 Å². The van der Waals surface area contributed by atoms with Crippen LogP contribution in [0.3, 0.4) is 0 Å². The molecule has 88 valence electrons. The molecular formula is C8H14BF3KNO2. The molecule has 0 bridgehead atoms. The summed E-state index contributed by atoms with van der Waals surface area (Å²) >= 11 is 0. The van der Waals surface area contributed by atoms with Gasteiger partial charge in [0.15, 0.2) is 0 Å². The fourth-order valence-electron chi connectivity index (χ4n) is 1.26. The minimum atomic E-state index is -4.83. The van der Waals surface area contributed by atoms with Crippen LogP contribution in [-0.4, -0.2) is 24.7 Å². The van der Waals surface area contributed by atoms with Crippen molar-refractivity contribution in [2.75, 3.05) is 0 Å². The van der Waals surface area contributed by atoms with Crippen molar-refractivity contribution in [3.8, 4) is 0 Å². The molecule has 2 atom stereocenters. The third kappa shape index (κ3) is 5.90. The fraction of sp³-hybridized carbons (Fsp3) is 0.875. The van der Waals surface area contributed by atoms with E-state index in [-0.39, 0.29) is 57.8 Å². The van der Waals surface area contributed by atoms with Crippen LogP contribution >= 0.6 is 0 Å². The van der Waals surface area contributed by atoms with Crippen LogP contribution in [0, 0.1) is 0 Å². The Bertz CT molecular complexity index is 267. The van der Waals surface area contributed by atoms with Crippen LogP contribution < -0.4 is 56.7 Å². The van der Waals surface area contributed by atoms with Crippen LogP contribution in [0.4, 0.5) is 17.7 Å². The second-order valence-corrected chi connectivity index (χ2v) is 4.78. The molecule has 0 aromatic carbocycles. The molecule has 0 unspecified atom stereocenters. The molecule has 1 aliphatic rings. The average Bonchev–Trinajstić information content (AvgIpc) is 2.59. The summed E-state index contributed by atoms with van der Waals surface area (Å²) in [5.74, 6) is -1.35. The number of hydrogen-bond donors (Lipinski definition) is 1. The van der Waals surface area contributed by atoms with Crippen LogP contribution in [0.15, 0.2) is 0 Å². The van der Waals surface area contributed by atoms with Crippen LogP contribution in [0.5, 0.6) is 0 Å². The molecule has 0 heterocycles. The van der Waals surface area contributed by atoms with Gasteiger partial charge in [0.05, 0.1) is 0 Å². The Labute approximate surface area is 135 Å². The van der Waals surface area contributed by atoms with E-state index in [4.69, 9.17) is 4.74 Å². The number of halogens is 3. The molecule has 0 aromatic rings. The van der Waals surface area contributed by atoms with E-state index >= 15 is 0 Å².